The molecule has 0 heterocycles. The minimum absolute atomic E-state index is 0.226. The lowest BCUT2D eigenvalue weighted by Gasteiger charge is -2.11. The first-order valence-electron chi connectivity index (χ1n) is 4.04. The van der Waals surface area contributed by atoms with E-state index in [1.165, 1.54) is 11.9 Å². The quantitative estimate of drug-likeness (QED) is 0.401. The number of aliphatic imine (C=N–C) groups is 1. The van der Waals surface area contributed by atoms with Crippen LogP contribution in [-0.2, 0) is 0 Å². The second kappa shape index (κ2) is 7.87. The number of hydrogen-bond acceptors (Lipinski definition) is 3. The van der Waals surface area contributed by atoms with Crippen molar-refractivity contribution in [2.45, 2.75) is 19.4 Å². The Bertz CT molecular complexity index is 227. The summed E-state index contributed by atoms with van der Waals surface area (Å²) >= 11 is 1.47. The number of nitrogens with zero attached hydrogens (tertiary/aromatic N) is 1. The first kappa shape index (κ1) is 12.2. The number of rotatable bonds is 6. The summed E-state index contributed by atoms with van der Waals surface area (Å²) in [6.07, 6.45) is 2.77. The van der Waals surface area contributed by atoms with Crippen molar-refractivity contribution in [1.29, 1.82) is 0 Å². The summed E-state index contributed by atoms with van der Waals surface area (Å²) in [5.41, 5.74) is 3.87. The summed E-state index contributed by atoms with van der Waals surface area (Å²) in [5.74, 6) is 0. The molecule has 72 valence electrons. The molecule has 1 atom stereocenters. The van der Waals surface area contributed by atoms with Gasteiger partial charge in [0, 0.05) is 25.2 Å². The van der Waals surface area contributed by atoms with Crippen LogP contribution in [0.2, 0.25) is 0 Å². The van der Waals surface area contributed by atoms with E-state index in [-0.39, 0.29) is 6.04 Å². The fourth-order valence-electron chi connectivity index (χ4n) is 0.822. The van der Waals surface area contributed by atoms with Gasteiger partial charge in [0.05, 0.1) is 0 Å². The van der Waals surface area contributed by atoms with E-state index in [1.54, 1.807) is 12.5 Å². The maximum atomic E-state index is 4.09. The van der Waals surface area contributed by atoms with Crippen LogP contribution in [0.3, 0.4) is 0 Å². The molecular weight excluding hydrogens is 180 g/mol. The van der Waals surface area contributed by atoms with Crippen LogP contribution < -0.4 is 4.72 Å². The fraction of sp³-hybridized carbons (Fsp3) is 0.400. The Morgan fingerprint density at radius 3 is 2.92 bits per heavy atom. The van der Waals surface area contributed by atoms with Gasteiger partial charge in [-0.1, -0.05) is 25.1 Å². The van der Waals surface area contributed by atoms with Crippen LogP contribution in [0, 0.1) is 0 Å². The second-order valence-electron chi connectivity index (χ2n) is 2.54. The lowest BCUT2D eigenvalue weighted by molar-refractivity contribution is 0.797. The van der Waals surface area contributed by atoms with Crippen molar-refractivity contribution in [3.8, 4) is 0 Å². The average molecular weight is 196 g/mol. The fourth-order valence-corrected chi connectivity index (χ4v) is 1.24. The van der Waals surface area contributed by atoms with E-state index in [1.807, 2.05) is 13.0 Å². The Hall–Kier alpha value is -0.760. The first-order valence-corrected chi connectivity index (χ1v) is 4.92. The van der Waals surface area contributed by atoms with Gasteiger partial charge in [-0.25, -0.2) is 0 Å². The zero-order valence-corrected chi connectivity index (χ0v) is 9.03. The van der Waals surface area contributed by atoms with Crippen molar-refractivity contribution < 1.29 is 0 Å². The minimum atomic E-state index is 0.226. The molecule has 0 aromatic heterocycles. The largest absolute Gasteiger partial charge is 0.298 e. The molecule has 1 unspecified atom stereocenters. The Kier molecular flexibility index (Phi) is 7.41. The van der Waals surface area contributed by atoms with Crippen LogP contribution in [0.4, 0.5) is 0 Å². The van der Waals surface area contributed by atoms with E-state index < -0.39 is 0 Å². The highest BCUT2D eigenvalue weighted by Gasteiger charge is 2.04. The predicted molar refractivity (Wildman–Crippen MR) is 62.1 cm³/mol. The van der Waals surface area contributed by atoms with Gasteiger partial charge < -0.3 is 0 Å². The van der Waals surface area contributed by atoms with Crippen LogP contribution in [0.15, 0.2) is 35.4 Å². The Morgan fingerprint density at radius 2 is 2.46 bits per heavy atom. The molecule has 0 aliphatic carbocycles. The summed E-state index contributed by atoms with van der Waals surface area (Å²) in [6, 6.07) is 0.226. The van der Waals surface area contributed by atoms with Gasteiger partial charge in [0.25, 0.3) is 0 Å². The van der Waals surface area contributed by atoms with E-state index in [0.717, 1.165) is 12.1 Å². The molecule has 0 radical (unpaired) electrons. The van der Waals surface area contributed by atoms with Crippen molar-refractivity contribution in [1.82, 2.24) is 4.72 Å². The molecule has 13 heavy (non-hydrogen) atoms. The maximum absolute atomic E-state index is 4.09. The minimum Gasteiger partial charge on any atom is -0.298 e. The van der Waals surface area contributed by atoms with Crippen molar-refractivity contribution in [3.05, 3.63) is 30.4 Å². The van der Waals surface area contributed by atoms with E-state index in [4.69, 9.17) is 0 Å². The maximum Gasteiger partial charge on any atom is 0.0480 e. The Morgan fingerprint density at radius 1 is 1.77 bits per heavy atom. The van der Waals surface area contributed by atoms with Crippen LogP contribution in [0.1, 0.15) is 13.3 Å². The highest BCUT2D eigenvalue weighted by Crippen LogP contribution is 2.03. The van der Waals surface area contributed by atoms with Crippen molar-refractivity contribution in [2.75, 3.05) is 7.05 Å². The summed E-state index contributed by atoms with van der Waals surface area (Å²) in [7, 11) is 1.80. The van der Waals surface area contributed by atoms with Crippen molar-refractivity contribution in [3.63, 3.8) is 0 Å². The summed E-state index contributed by atoms with van der Waals surface area (Å²) in [5, 5.41) is 1.75. The monoisotopic (exact) mass is 196 g/mol. The van der Waals surface area contributed by atoms with E-state index in [0.29, 0.717) is 0 Å². The van der Waals surface area contributed by atoms with Gasteiger partial charge in [-0.05, 0) is 18.4 Å². The SMILES string of the molecule is C=C=CC(C/C(C)=N/C)NSC=C. The van der Waals surface area contributed by atoms with Gasteiger partial charge in [0.1, 0.15) is 0 Å². The van der Waals surface area contributed by atoms with Gasteiger partial charge in [-0.15, -0.1) is 5.73 Å². The van der Waals surface area contributed by atoms with Gasteiger partial charge in [-0.3, -0.25) is 9.71 Å². The van der Waals surface area contributed by atoms with Crippen LogP contribution in [0.25, 0.3) is 0 Å². The smallest absolute Gasteiger partial charge is 0.0480 e. The highest BCUT2D eigenvalue weighted by atomic mass is 32.2. The molecule has 0 saturated heterocycles. The van der Waals surface area contributed by atoms with Crippen LogP contribution in [-0.4, -0.2) is 18.8 Å². The molecule has 2 nitrogen and oxygen atoms in total. The predicted octanol–water partition coefficient (Wildman–Crippen LogP) is 2.56. The molecule has 0 aromatic rings. The zero-order chi connectivity index (χ0) is 10.1. The third kappa shape index (κ3) is 6.41. The van der Waals surface area contributed by atoms with Gasteiger partial charge in [-0.2, -0.15) is 0 Å². The molecule has 0 saturated carbocycles. The lowest BCUT2D eigenvalue weighted by atomic mass is 10.1. The van der Waals surface area contributed by atoms with E-state index >= 15 is 0 Å². The summed E-state index contributed by atoms with van der Waals surface area (Å²) in [6.45, 7) is 9.16. The molecule has 0 fully saturated rings. The standard InChI is InChI=1S/C10H16N2S/c1-5-7-10(12-13-6-2)8-9(3)11-4/h6-7,10,12H,1-2,8H2,3-4H3/b11-9+. The van der Waals surface area contributed by atoms with Gasteiger partial charge >= 0.3 is 0 Å². The van der Waals surface area contributed by atoms with E-state index in [2.05, 4.69) is 28.6 Å². The van der Waals surface area contributed by atoms with E-state index in [9.17, 15) is 0 Å². The molecule has 0 aliphatic rings. The van der Waals surface area contributed by atoms with Gasteiger partial charge in [0.2, 0.25) is 0 Å². The van der Waals surface area contributed by atoms with Crippen LogP contribution >= 0.6 is 11.9 Å². The summed E-state index contributed by atoms with van der Waals surface area (Å²) in [4.78, 5) is 4.09. The Balaban J connectivity index is 4.08. The third-order valence-electron chi connectivity index (χ3n) is 1.52. The molecule has 0 rings (SSSR count). The molecule has 0 aliphatic heterocycles. The second-order valence-corrected chi connectivity index (χ2v) is 3.35. The molecule has 0 bridgehead atoms. The molecule has 0 amide bonds. The average Bonchev–Trinajstić information content (AvgIpc) is 2.14. The molecule has 0 aromatic carbocycles. The number of nitrogens with one attached hydrogen (secondary N) is 1. The van der Waals surface area contributed by atoms with Crippen molar-refractivity contribution in [2.24, 2.45) is 4.99 Å². The molecule has 1 N–H and O–H groups in total. The third-order valence-corrected chi connectivity index (χ3v) is 2.12. The lowest BCUT2D eigenvalue weighted by Crippen LogP contribution is -2.22. The molecular formula is C10H16N2S. The molecule has 0 spiro atoms. The zero-order valence-electron chi connectivity index (χ0n) is 8.21. The van der Waals surface area contributed by atoms with Crippen molar-refractivity contribution >= 4 is 17.7 Å². The molecule has 3 heteroatoms. The Labute approximate surface area is 84.7 Å². The first-order chi connectivity index (χ1) is 6.24. The highest BCUT2D eigenvalue weighted by molar-refractivity contribution is 8.00. The number of hydrogen-bond donors (Lipinski definition) is 1. The van der Waals surface area contributed by atoms with Gasteiger partial charge in [0.15, 0.2) is 0 Å². The topological polar surface area (TPSA) is 24.4 Å². The normalized spacial score (nSPS) is 13.2. The summed E-state index contributed by atoms with van der Waals surface area (Å²) < 4.78 is 3.20. The van der Waals surface area contributed by atoms with Crippen LogP contribution in [0.5, 0.6) is 0 Å².